The summed E-state index contributed by atoms with van der Waals surface area (Å²) in [4.78, 5) is 30.6. The number of hydrogen-bond acceptors (Lipinski definition) is 4. The monoisotopic (exact) mass is 330 g/mol. The lowest BCUT2D eigenvalue weighted by Gasteiger charge is -2.22. The highest BCUT2D eigenvalue weighted by atomic mass is 19.1. The number of nitrogens with one attached hydrogen (secondary N) is 1. The minimum atomic E-state index is -0.385. The van der Waals surface area contributed by atoms with Crippen molar-refractivity contribution in [2.75, 3.05) is 6.54 Å². The Hall–Kier alpha value is -2.57. The number of Topliss-reactive ketones (excluding diaryl/α,β-unsaturated/α-hetero) is 1. The van der Waals surface area contributed by atoms with E-state index in [0.29, 0.717) is 17.9 Å². The van der Waals surface area contributed by atoms with Gasteiger partial charge in [0.05, 0.1) is 6.04 Å². The Labute approximate surface area is 139 Å². The molecule has 3 rings (SSSR count). The molecule has 1 atom stereocenters. The van der Waals surface area contributed by atoms with E-state index in [0.717, 1.165) is 18.7 Å². The Morgan fingerprint density at radius 1 is 1.29 bits per heavy atom. The maximum absolute atomic E-state index is 12.9. The van der Waals surface area contributed by atoms with Crippen LogP contribution in [0.15, 0.2) is 24.3 Å². The zero-order valence-corrected chi connectivity index (χ0v) is 13.5. The molecule has 1 unspecified atom stereocenters. The number of hydrogen-bond donors (Lipinski definition) is 1. The van der Waals surface area contributed by atoms with Gasteiger partial charge < -0.3 is 4.90 Å². The summed E-state index contributed by atoms with van der Waals surface area (Å²) in [5, 5.41) is 6.95. The largest absolute Gasteiger partial charge is 0.332 e. The third-order valence-electron chi connectivity index (χ3n) is 4.22. The van der Waals surface area contributed by atoms with E-state index in [1.165, 1.54) is 24.3 Å². The smallest absolute Gasteiger partial charge is 0.223 e. The Morgan fingerprint density at radius 3 is 2.71 bits per heavy atom. The number of carbonyl (C=O) groups is 2. The molecule has 2 aromatic rings. The first-order chi connectivity index (χ1) is 11.5. The molecule has 1 fully saturated rings. The number of amides is 1. The van der Waals surface area contributed by atoms with Gasteiger partial charge in [-0.1, -0.05) is 0 Å². The molecule has 24 heavy (non-hydrogen) atoms. The van der Waals surface area contributed by atoms with Crippen LogP contribution >= 0.6 is 0 Å². The van der Waals surface area contributed by atoms with E-state index in [1.807, 2.05) is 6.92 Å². The van der Waals surface area contributed by atoms with E-state index >= 15 is 0 Å². The van der Waals surface area contributed by atoms with E-state index in [9.17, 15) is 14.0 Å². The average Bonchev–Trinajstić information content (AvgIpc) is 3.21. The van der Waals surface area contributed by atoms with Crippen molar-refractivity contribution < 1.29 is 14.0 Å². The first-order valence-electron chi connectivity index (χ1n) is 8.02. The predicted molar refractivity (Wildman–Crippen MR) is 84.8 cm³/mol. The summed E-state index contributed by atoms with van der Waals surface area (Å²) in [6.07, 6.45) is 1.97. The minimum Gasteiger partial charge on any atom is -0.332 e. The summed E-state index contributed by atoms with van der Waals surface area (Å²) >= 11 is 0. The fraction of sp³-hybridized carbons (Fsp3) is 0.412. The molecule has 0 spiro atoms. The molecule has 0 bridgehead atoms. The van der Waals surface area contributed by atoms with E-state index < -0.39 is 0 Å². The fourth-order valence-corrected chi connectivity index (χ4v) is 2.99. The third kappa shape index (κ3) is 3.50. The van der Waals surface area contributed by atoms with Crippen molar-refractivity contribution in [2.24, 2.45) is 0 Å². The maximum Gasteiger partial charge on any atom is 0.223 e. The number of benzene rings is 1. The van der Waals surface area contributed by atoms with Crippen molar-refractivity contribution in [3.05, 3.63) is 47.3 Å². The van der Waals surface area contributed by atoms with Crippen LogP contribution in [-0.2, 0) is 4.79 Å². The van der Waals surface area contributed by atoms with Gasteiger partial charge in [0.25, 0.3) is 0 Å². The molecule has 1 N–H and O–H groups in total. The SMILES string of the molecule is Cc1nc(C2CCCN2C(=O)CCC(=O)c2ccc(F)cc2)n[nH]1. The van der Waals surface area contributed by atoms with Gasteiger partial charge in [0.15, 0.2) is 11.6 Å². The molecule has 1 saturated heterocycles. The normalized spacial score (nSPS) is 17.2. The van der Waals surface area contributed by atoms with Gasteiger partial charge in [-0.25, -0.2) is 9.37 Å². The van der Waals surface area contributed by atoms with Crippen molar-refractivity contribution in [2.45, 2.75) is 38.6 Å². The quantitative estimate of drug-likeness (QED) is 0.855. The van der Waals surface area contributed by atoms with Crippen LogP contribution in [0, 0.1) is 12.7 Å². The van der Waals surface area contributed by atoms with Gasteiger partial charge >= 0.3 is 0 Å². The van der Waals surface area contributed by atoms with Crippen molar-refractivity contribution in [3.63, 3.8) is 0 Å². The highest BCUT2D eigenvalue weighted by Gasteiger charge is 2.32. The van der Waals surface area contributed by atoms with Crippen LogP contribution in [0.5, 0.6) is 0 Å². The molecule has 1 aliphatic rings. The highest BCUT2D eigenvalue weighted by molar-refractivity contribution is 5.97. The number of halogens is 1. The van der Waals surface area contributed by atoms with Crippen molar-refractivity contribution in [3.8, 4) is 0 Å². The van der Waals surface area contributed by atoms with Crippen LogP contribution in [0.25, 0.3) is 0 Å². The van der Waals surface area contributed by atoms with Gasteiger partial charge in [-0.05, 0) is 44.0 Å². The molecule has 0 radical (unpaired) electrons. The van der Waals surface area contributed by atoms with Gasteiger partial charge in [-0.15, -0.1) is 0 Å². The van der Waals surface area contributed by atoms with Crippen molar-refractivity contribution in [1.29, 1.82) is 0 Å². The Bertz CT molecular complexity index is 741. The molecule has 0 saturated carbocycles. The van der Waals surface area contributed by atoms with Crippen molar-refractivity contribution in [1.82, 2.24) is 20.1 Å². The van der Waals surface area contributed by atoms with Gasteiger partial charge in [-0.3, -0.25) is 14.7 Å². The first-order valence-corrected chi connectivity index (χ1v) is 8.02. The molecule has 1 aliphatic heterocycles. The lowest BCUT2D eigenvalue weighted by molar-refractivity contribution is -0.132. The Morgan fingerprint density at radius 2 is 2.04 bits per heavy atom. The van der Waals surface area contributed by atoms with E-state index in [2.05, 4.69) is 15.2 Å². The molecule has 126 valence electrons. The van der Waals surface area contributed by atoms with E-state index in [-0.39, 0.29) is 36.4 Å². The molecular weight excluding hydrogens is 311 g/mol. The second-order valence-corrected chi connectivity index (χ2v) is 5.95. The maximum atomic E-state index is 12.9. The number of aromatic nitrogens is 3. The molecule has 6 nitrogen and oxygen atoms in total. The van der Waals surface area contributed by atoms with Gasteiger partial charge in [-0.2, -0.15) is 5.10 Å². The number of ketones is 1. The molecule has 0 aliphatic carbocycles. The molecule has 1 aromatic heterocycles. The zero-order valence-electron chi connectivity index (χ0n) is 13.5. The van der Waals surface area contributed by atoms with Gasteiger partial charge in [0.2, 0.25) is 5.91 Å². The second-order valence-electron chi connectivity index (χ2n) is 5.95. The van der Waals surface area contributed by atoms with E-state index in [1.54, 1.807) is 4.90 Å². The number of aryl methyl sites for hydroxylation is 1. The lowest BCUT2D eigenvalue weighted by Crippen LogP contribution is -2.31. The topological polar surface area (TPSA) is 79.0 Å². The Kier molecular flexibility index (Phi) is 4.69. The highest BCUT2D eigenvalue weighted by Crippen LogP contribution is 2.30. The number of likely N-dealkylation sites (tertiary alicyclic amines) is 1. The number of H-pyrrole nitrogens is 1. The number of rotatable bonds is 5. The number of nitrogens with zero attached hydrogens (tertiary/aromatic N) is 3. The van der Waals surface area contributed by atoms with Crippen LogP contribution in [-0.4, -0.2) is 38.3 Å². The van der Waals surface area contributed by atoms with Gasteiger partial charge in [0, 0.05) is 24.9 Å². The van der Waals surface area contributed by atoms with Crippen LogP contribution in [0.2, 0.25) is 0 Å². The number of aromatic amines is 1. The summed E-state index contributed by atoms with van der Waals surface area (Å²) in [5.74, 6) is 0.728. The molecule has 7 heteroatoms. The lowest BCUT2D eigenvalue weighted by atomic mass is 10.1. The Balaban J connectivity index is 1.60. The predicted octanol–water partition coefficient (Wildman–Crippen LogP) is 2.58. The summed E-state index contributed by atoms with van der Waals surface area (Å²) in [6, 6.07) is 5.26. The first kappa shape index (κ1) is 16.3. The van der Waals surface area contributed by atoms with E-state index in [4.69, 9.17) is 0 Å². The fourth-order valence-electron chi connectivity index (χ4n) is 2.99. The standard InChI is InChI=1S/C17H19FN4O2/c1-11-19-17(21-20-11)14-3-2-10-22(14)16(24)9-8-15(23)12-4-6-13(18)7-5-12/h4-7,14H,2-3,8-10H2,1H3,(H,19,20,21). The van der Waals surface area contributed by atoms with Crippen molar-refractivity contribution >= 4 is 11.7 Å². The van der Waals surface area contributed by atoms with Crippen LogP contribution < -0.4 is 0 Å². The van der Waals surface area contributed by atoms with Crippen LogP contribution in [0.3, 0.4) is 0 Å². The number of carbonyl (C=O) groups excluding carboxylic acids is 2. The van der Waals surface area contributed by atoms with Gasteiger partial charge in [0.1, 0.15) is 11.6 Å². The third-order valence-corrected chi connectivity index (χ3v) is 4.22. The summed E-state index contributed by atoms with van der Waals surface area (Å²) < 4.78 is 12.9. The average molecular weight is 330 g/mol. The van der Waals surface area contributed by atoms with Crippen LogP contribution in [0.4, 0.5) is 4.39 Å². The second kappa shape index (κ2) is 6.90. The minimum absolute atomic E-state index is 0.0737. The molecular formula is C17H19FN4O2. The summed E-state index contributed by atoms with van der Waals surface area (Å²) in [5.41, 5.74) is 0.423. The van der Waals surface area contributed by atoms with Crippen LogP contribution in [0.1, 0.15) is 53.7 Å². The summed E-state index contributed by atoms with van der Waals surface area (Å²) in [7, 11) is 0. The summed E-state index contributed by atoms with van der Waals surface area (Å²) in [6.45, 7) is 2.47. The zero-order chi connectivity index (χ0) is 17.1. The molecule has 1 amide bonds. The molecule has 2 heterocycles. The molecule has 1 aromatic carbocycles.